The third kappa shape index (κ3) is 1.62. The van der Waals surface area contributed by atoms with Gasteiger partial charge < -0.3 is 9.84 Å². The smallest absolute Gasteiger partial charge is 0.357 e. The van der Waals surface area contributed by atoms with Crippen LogP contribution in [0.5, 0.6) is 0 Å². The molecule has 0 unspecified atom stereocenters. The van der Waals surface area contributed by atoms with Gasteiger partial charge in [-0.1, -0.05) is 5.21 Å². The number of carboxylic acid groups (broad SMARTS) is 1. The van der Waals surface area contributed by atoms with Crippen molar-refractivity contribution in [3.05, 3.63) is 10.3 Å². The van der Waals surface area contributed by atoms with Crippen LogP contribution in [0.3, 0.4) is 0 Å². The highest BCUT2D eigenvalue weighted by Crippen LogP contribution is 2.12. The molecule has 12 heavy (non-hydrogen) atoms. The van der Waals surface area contributed by atoms with Crippen molar-refractivity contribution in [3.63, 3.8) is 0 Å². The number of rotatable bonds is 3. The monoisotopic (exact) mass is 235 g/mol. The molecule has 7 heteroatoms. The third-order valence-corrected chi connectivity index (χ3v) is 1.68. The second-order valence-corrected chi connectivity index (χ2v) is 2.70. The van der Waals surface area contributed by atoms with Crippen LogP contribution >= 0.6 is 15.9 Å². The van der Waals surface area contributed by atoms with E-state index in [1.807, 2.05) is 0 Å². The zero-order valence-corrected chi connectivity index (χ0v) is 7.78. The molecule has 0 aliphatic rings. The third-order valence-electron chi connectivity index (χ3n) is 1.15. The first kappa shape index (κ1) is 9.14. The minimum absolute atomic E-state index is 0.0168. The van der Waals surface area contributed by atoms with Crippen molar-refractivity contribution in [2.45, 2.75) is 6.73 Å². The standard InChI is InChI=1S/C5H6BrN3O3/c1-12-2-9-3(5(10)11)4(6)7-8-9/h2H2,1H3,(H,10,11). The summed E-state index contributed by atoms with van der Waals surface area (Å²) < 4.78 is 6.05. The molecule has 66 valence electrons. The van der Waals surface area contributed by atoms with E-state index in [0.717, 1.165) is 4.68 Å². The first-order valence-corrected chi connectivity index (χ1v) is 3.77. The first-order chi connectivity index (χ1) is 5.66. The molecule has 1 aromatic rings. The van der Waals surface area contributed by atoms with E-state index in [4.69, 9.17) is 9.84 Å². The molecule has 0 saturated heterocycles. The topological polar surface area (TPSA) is 77.2 Å². The van der Waals surface area contributed by atoms with Gasteiger partial charge in [0.15, 0.2) is 10.3 Å². The Morgan fingerprint density at radius 2 is 2.50 bits per heavy atom. The Labute approximate surface area is 76.3 Å². The Morgan fingerprint density at radius 1 is 1.83 bits per heavy atom. The molecule has 0 aliphatic heterocycles. The van der Waals surface area contributed by atoms with Crippen LogP contribution in [0.25, 0.3) is 0 Å². The minimum Gasteiger partial charge on any atom is -0.476 e. The highest BCUT2D eigenvalue weighted by molar-refractivity contribution is 9.10. The molecule has 6 nitrogen and oxygen atoms in total. The summed E-state index contributed by atoms with van der Waals surface area (Å²) in [6.45, 7) is 0.0697. The van der Waals surface area contributed by atoms with E-state index in [2.05, 4.69) is 26.2 Å². The number of aromatic nitrogens is 3. The molecular weight excluding hydrogens is 230 g/mol. The highest BCUT2D eigenvalue weighted by Gasteiger charge is 2.16. The molecule has 0 amide bonds. The van der Waals surface area contributed by atoms with Gasteiger partial charge in [0.2, 0.25) is 0 Å². The Bertz CT molecular complexity index is 298. The van der Waals surface area contributed by atoms with Crippen molar-refractivity contribution in [1.82, 2.24) is 15.0 Å². The molecule has 0 radical (unpaired) electrons. The van der Waals surface area contributed by atoms with Gasteiger partial charge in [-0.2, -0.15) is 0 Å². The number of carbonyl (C=O) groups is 1. The van der Waals surface area contributed by atoms with Gasteiger partial charge in [0.1, 0.15) is 6.73 Å². The van der Waals surface area contributed by atoms with Crippen molar-refractivity contribution in [1.29, 1.82) is 0 Å². The Balaban J connectivity index is 3.04. The second kappa shape index (κ2) is 3.63. The van der Waals surface area contributed by atoms with E-state index >= 15 is 0 Å². The van der Waals surface area contributed by atoms with Gasteiger partial charge in [0.25, 0.3) is 0 Å². The molecule has 1 N–H and O–H groups in total. The first-order valence-electron chi connectivity index (χ1n) is 2.98. The molecule has 0 atom stereocenters. The summed E-state index contributed by atoms with van der Waals surface area (Å²) in [6, 6.07) is 0. The lowest BCUT2D eigenvalue weighted by Gasteiger charge is -1.99. The fraction of sp³-hybridized carbons (Fsp3) is 0.400. The molecule has 0 saturated carbocycles. The maximum absolute atomic E-state index is 10.6. The summed E-state index contributed by atoms with van der Waals surface area (Å²) in [7, 11) is 1.45. The van der Waals surface area contributed by atoms with Crippen LogP contribution in [0.2, 0.25) is 0 Å². The predicted molar refractivity (Wildman–Crippen MR) is 41.7 cm³/mol. The van der Waals surface area contributed by atoms with Crippen molar-refractivity contribution in [3.8, 4) is 0 Å². The number of aromatic carboxylic acids is 1. The molecule has 0 aliphatic carbocycles. The average molecular weight is 236 g/mol. The number of hydrogen-bond acceptors (Lipinski definition) is 4. The van der Waals surface area contributed by atoms with Gasteiger partial charge in [0, 0.05) is 7.11 Å². The number of halogens is 1. The summed E-state index contributed by atoms with van der Waals surface area (Å²) in [5, 5.41) is 15.7. The summed E-state index contributed by atoms with van der Waals surface area (Å²) in [4.78, 5) is 10.6. The van der Waals surface area contributed by atoms with E-state index in [9.17, 15) is 4.79 Å². The summed E-state index contributed by atoms with van der Waals surface area (Å²) >= 11 is 2.96. The van der Waals surface area contributed by atoms with Gasteiger partial charge in [0.05, 0.1) is 0 Å². The lowest BCUT2D eigenvalue weighted by Crippen LogP contribution is -2.11. The number of nitrogens with zero attached hydrogens (tertiary/aromatic N) is 3. The zero-order valence-electron chi connectivity index (χ0n) is 6.19. The molecule has 1 aromatic heterocycles. The largest absolute Gasteiger partial charge is 0.476 e. The zero-order chi connectivity index (χ0) is 9.14. The van der Waals surface area contributed by atoms with E-state index in [1.54, 1.807) is 0 Å². The number of carboxylic acids is 1. The van der Waals surface area contributed by atoms with Gasteiger partial charge in [-0.05, 0) is 15.9 Å². The Morgan fingerprint density at radius 3 is 3.00 bits per heavy atom. The summed E-state index contributed by atoms with van der Waals surface area (Å²) in [5.74, 6) is -1.09. The second-order valence-electron chi connectivity index (χ2n) is 1.95. The lowest BCUT2D eigenvalue weighted by atomic mass is 10.5. The maximum Gasteiger partial charge on any atom is 0.357 e. The van der Waals surface area contributed by atoms with Gasteiger partial charge in [-0.15, -0.1) is 5.10 Å². The van der Waals surface area contributed by atoms with Crippen LogP contribution in [0, 0.1) is 0 Å². The van der Waals surface area contributed by atoms with E-state index < -0.39 is 5.97 Å². The SMILES string of the molecule is COCn1nnc(Br)c1C(=O)O. The fourth-order valence-electron chi connectivity index (χ4n) is 0.703. The van der Waals surface area contributed by atoms with E-state index in [1.165, 1.54) is 7.11 Å². The Hall–Kier alpha value is -0.950. The van der Waals surface area contributed by atoms with Crippen LogP contribution in [0.15, 0.2) is 4.60 Å². The lowest BCUT2D eigenvalue weighted by molar-refractivity contribution is 0.0649. The molecule has 0 spiro atoms. The van der Waals surface area contributed by atoms with Gasteiger partial charge >= 0.3 is 5.97 Å². The molecule has 0 bridgehead atoms. The maximum atomic E-state index is 10.6. The van der Waals surface area contributed by atoms with E-state index in [-0.39, 0.29) is 17.0 Å². The molecule has 1 heterocycles. The summed E-state index contributed by atoms with van der Waals surface area (Å²) in [5.41, 5.74) is -0.0168. The van der Waals surface area contributed by atoms with Crippen molar-refractivity contribution >= 4 is 21.9 Å². The minimum atomic E-state index is -1.09. The number of ether oxygens (including phenoxy) is 1. The van der Waals surface area contributed by atoms with Crippen molar-refractivity contribution < 1.29 is 14.6 Å². The van der Waals surface area contributed by atoms with Crippen LogP contribution in [-0.2, 0) is 11.5 Å². The van der Waals surface area contributed by atoms with Gasteiger partial charge in [-0.25, -0.2) is 9.48 Å². The highest BCUT2D eigenvalue weighted by atomic mass is 79.9. The summed E-state index contributed by atoms with van der Waals surface area (Å²) in [6.07, 6.45) is 0. The normalized spacial score (nSPS) is 10.2. The van der Waals surface area contributed by atoms with Crippen LogP contribution in [0.1, 0.15) is 10.5 Å². The van der Waals surface area contributed by atoms with E-state index in [0.29, 0.717) is 0 Å². The van der Waals surface area contributed by atoms with Crippen molar-refractivity contribution in [2.24, 2.45) is 0 Å². The number of hydrogen-bond donors (Lipinski definition) is 1. The number of methoxy groups -OCH3 is 1. The van der Waals surface area contributed by atoms with Crippen LogP contribution in [-0.4, -0.2) is 33.2 Å². The predicted octanol–water partition coefficient (Wildman–Crippen LogP) is 0.343. The molecular formula is C5H6BrN3O3. The molecule has 0 aromatic carbocycles. The van der Waals surface area contributed by atoms with Crippen LogP contribution < -0.4 is 0 Å². The van der Waals surface area contributed by atoms with Crippen LogP contribution in [0.4, 0.5) is 0 Å². The average Bonchev–Trinajstić information content (AvgIpc) is 2.32. The fourth-order valence-corrected chi connectivity index (χ4v) is 1.15. The molecule has 1 rings (SSSR count). The van der Waals surface area contributed by atoms with Gasteiger partial charge in [-0.3, -0.25) is 0 Å². The quantitative estimate of drug-likeness (QED) is 0.818. The van der Waals surface area contributed by atoms with Crippen molar-refractivity contribution in [2.75, 3.05) is 7.11 Å². The Kier molecular flexibility index (Phi) is 2.77. The molecule has 0 fully saturated rings.